The highest BCUT2D eigenvalue weighted by atomic mass is 127. The molecule has 2 heterocycles. The van der Waals surface area contributed by atoms with Crippen LogP contribution in [0.5, 0.6) is 0 Å². The average Bonchev–Trinajstić information content (AvgIpc) is 3.36. The third kappa shape index (κ3) is 6.65. The summed E-state index contributed by atoms with van der Waals surface area (Å²) < 4.78 is 2.07. The molecular weight excluding hydrogens is 455 g/mol. The number of rotatable bonds is 6. The molecule has 0 bridgehead atoms. The molecule has 1 aromatic heterocycles. The van der Waals surface area contributed by atoms with Crippen LogP contribution in [-0.4, -0.2) is 59.0 Å². The Morgan fingerprint density at radius 1 is 1.26 bits per heavy atom. The summed E-state index contributed by atoms with van der Waals surface area (Å²) in [7, 11) is 1.80. The lowest BCUT2D eigenvalue weighted by molar-refractivity contribution is -0.135. The number of amides is 1. The lowest BCUT2D eigenvalue weighted by atomic mass is 9.88. The zero-order valence-electron chi connectivity index (χ0n) is 16.3. The predicted octanol–water partition coefficient (Wildman–Crippen LogP) is 2.24. The van der Waals surface area contributed by atoms with Crippen molar-refractivity contribution in [1.29, 1.82) is 0 Å². The van der Waals surface area contributed by atoms with Gasteiger partial charge in [0.15, 0.2) is 5.96 Å². The number of aromatic nitrogens is 2. The Hall–Kier alpha value is -1.32. The van der Waals surface area contributed by atoms with E-state index in [1.807, 2.05) is 12.5 Å². The van der Waals surface area contributed by atoms with E-state index in [4.69, 9.17) is 0 Å². The molecular formula is C19H33IN6O. The summed E-state index contributed by atoms with van der Waals surface area (Å²) >= 11 is 0. The molecule has 152 valence electrons. The largest absolute Gasteiger partial charge is 0.356 e. The van der Waals surface area contributed by atoms with Crippen molar-refractivity contribution in [3.63, 3.8) is 0 Å². The van der Waals surface area contributed by atoms with Gasteiger partial charge in [0.1, 0.15) is 0 Å². The van der Waals surface area contributed by atoms with Crippen molar-refractivity contribution in [2.24, 2.45) is 10.9 Å². The molecule has 7 nitrogen and oxygen atoms in total. The fourth-order valence-electron chi connectivity index (χ4n) is 3.96. The molecule has 1 aliphatic carbocycles. The van der Waals surface area contributed by atoms with E-state index in [9.17, 15) is 4.79 Å². The Morgan fingerprint density at radius 2 is 2.07 bits per heavy atom. The fourth-order valence-corrected chi connectivity index (χ4v) is 3.96. The van der Waals surface area contributed by atoms with Gasteiger partial charge in [-0.25, -0.2) is 4.98 Å². The standard InChI is InChI=1S/C19H32N6O.HI/c1-20-19(22-9-5-11-24-13-10-21-15-24)23-17-8-12-25(14-17)18(26)16-6-3-2-4-7-16;/h10,13,15-17H,2-9,11-12,14H2,1H3,(H2,20,22,23);1H. The highest BCUT2D eigenvalue weighted by Gasteiger charge is 2.31. The SMILES string of the molecule is CN=C(NCCCn1ccnc1)NC1CCN(C(=O)C2CCCCC2)C1.I. The minimum absolute atomic E-state index is 0. The van der Waals surface area contributed by atoms with Gasteiger partial charge in [0, 0.05) is 57.6 Å². The molecule has 1 atom stereocenters. The Labute approximate surface area is 179 Å². The van der Waals surface area contributed by atoms with Gasteiger partial charge in [-0.15, -0.1) is 24.0 Å². The number of guanidine groups is 1. The number of nitrogens with one attached hydrogen (secondary N) is 2. The summed E-state index contributed by atoms with van der Waals surface area (Å²) in [5, 5.41) is 6.84. The molecule has 2 aliphatic rings. The maximum atomic E-state index is 12.7. The second kappa shape index (κ2) is 11.5. The van der Waals surface area contributed by atoms with E-state index < -0.39 is 0 Å². The molecule has 1 amide bonds. The Morgan fingerprint density at radius 3 is 2.78 bits per heavy atom. The number of hydrogen-bond donors (Lipinski definition) is 2. The van der Waals surface area contributed by atoms with Crippen LogP contribution in [0.2, 0.25) is 0 Å². The second-order valence-electron chi connectivity index (χ2n) is 7.40. The zero-order valence-corrected chi connectivity index (χ0v) is 18.6. The van der Waals surface area contributed by atoms with E-state index >= 15 is 0 Å². The Kier molecular flexibility index (Phi) is 9.36. The van der Waals surface area contributed by atoms with Crippen LogP contribution in [0, 0.1) is 5.92 Å². The number of imidazole rings is 1. The molecule has 0 radical (unpaired) electrons. The first-order valence-electron chi connectivity index (χ1n) is 9.98. The first-order chi connectivity index (χ1) is 12.8. The van der Waals surface area contributed by atoms with Gasteiger partial charge >= 0.3 is 0 Å². The van der Waals surface area contributed by atoms with E-state index in [1.54, 1.807) is 13.2 Å². The highest BCUT2D eigenvalue weighted by Crippen LogP contribution is 2.26. The van der Waals surface area contributed by atoms with Crippen molar-refractivity contribution in [3.05, 3.63) is 18.7 Å². The molecule has 2 fully saturated rings. The fraction of sp³-hybridized carbons (Fsp3) is 0.737. The number of nitrogens with zero attached hydrogens (tertiary/aromatic N) is 4. The van der Waals surface area contributed by atoms with Crippen LogP contribution >= 0.6 is 24.0 Å². The molecule has 3 rings (SSSR count). The number of aliphatic imine (C=N–C) groups is 1. The van der Waals surface area contributed by atoms with Crippen molar-refractivity contribution in [3.8, 4) is 0 Å². The molecule has 1 saturated carbocycles. The molecule has 2 N–H and O–H groups in total. The molecule has 1 aliphatic heterocycles. The molecule has 1 unspecified atom stereocenters. The van der Waals surface area contributed by atoms with Crippen LogP contribution in [0.1, 0.15) is 44.9 Å². The topological polar surface area (TPSA) is 74.6 Å². The van der Waals surface area contributed by atoms with Crippen molar-refractivity contribution in [2.45, 2.75) is 57.5 Å². The number of carbonyl (C=O) groups excluding carboxylic acids is 1. The van der Waals surface area contributed by atoms with Gasteiger partial charge in [-0.1, -0.05) is 19.3 Å². The average molecular weight is 488 g/mol. The van der Waals surface area contributed by atoms with Gasteiger partial charge in [0.05, 0.1) is 6.33 Å². The van der Waals surface area contributed by atoms with Crippen LogP contribution in [0.25, 0.3) is 0 Å². The number of carbonyl (C=O) groups is 1. The Bertz CT molecular complexity index is 585. The number of likely N-dealkylation sites (tertiary alicyclic amines) is 1. The molecule has 1 saturated heterocycles. The first kappa shape index (κ1) is 22.0. The number of halogens is 1. The predicted molar refractivity (Wildman–Crippen MR) is 118 cm³/mol. The lowest BCUT2D eigenvalue weighted by Gasteiger charge is -2.26. The highest BCUT2D eigenvalue weighted by molar-refractivity contribution is 14.0. The van der Waals surface area contributed by atoms with Gasteiger partial charge in [0.2, 0.25) is 5.91 Å². The minimum atomic E-state index is 0. The normalized spacial score (nSPS) is 21.0. The van der Waals surface area contributed by atoms with Crippen molar-refractivity contribution < 1.29 is 4.79 Å². The van der Waals surface area contributed by atoms with Crippen molar-refractivity contribution in [1.82, 2.24) is 25.1 Å². The van der Waals surface area contributed by atoms with Crippen molar-refractivity contribution in [2.75, 3.05) is 26.7 Å². The maximum Gasteiger partial charge on any atom is 0.225 e. The van der Waals surface area contributed by atoms with Crippen LogP contribution in [0.15, 0.2) is 23.7 Å². The molecule has 0 spiro atoms. The number of aryl methyl sites for hydroxylation is 1. The summed E-state index contributed by atoms with van der Waals surface area (Å²) in [5.74, 6) is 1.47. The summed E-state index contributed by atoms with van der Waals surface area (Å²) in [6.45, 7) is 3.46. The van der Waals surface area contributed by atoms with E-state index in [-0.39, 0.29) is 29.9 Å². The van der Waals surface area contributed by atoms with E-state index in [0.717, 1.165) is 57.8 Å². The first-order valence-corrected chi connectivity index (χ1v) is 9.98. The summed E-state index contributed by atoms with van der Waals surface area (Å²) in [6, 6.07) is 0.294. The van der Waals surface area contributed by atoms with Crippen LogP contribution in [0.4, 0.5) is 0 Å². The second-order valence-corrected chi connectivity index (χ2v) is 7.40. The maximum absolute atomic E-state index is 12.7. The van der Waals surface area contributed by atoms with Gasteiger partial charge in [-0.2, -0.15) is 0 Å². The molecule has 27 heavy (non-hydrogen) atoms. The van der Waals surface area contributed by atoms with Crippen LogP contribution in [0.3, 0.4) is 0 Å². The summed E-state index contributed by atoms with van der Waals surface area (Å²) in [6.07, 6.45) is 13.5. The third-order valence-electron chi connectivity index (χ3n) is 5.46. The minimum Gasteiger partial charge on any atom is -0.356 e. The van der Waals surface area contributed by atoms with E-state index in [2.05, 4.69) is 30.1 Å². The quantitative estimate of drug-likeness (QED) is 0.279. The van der Waals surface area contributed by atoms with Gasteiger partial charge in [-0.3, -0.25) is 9.79 Å². The number of hydrogen-bond acceptors (Lipinski definition) is 3. The zero-order chi connectivity index (χ0) is 18.2. The smallest absolute Gasteiger partial charge is 0.225 e. The van der Waals surface area contributed by atoms with Gasteiger partial charge in [0.25, 0.3) is 0 Å². The molecule has 8 heteroatoms. The van der Waals surface area contributed by atoms with E-state index in [1.165, 1.54) is 19.3 Å². The molecule has 1 aromatic rings. The van der Waals surface area contributed by atoms with Crippen molar-refractivity contribution >= 4 is 35.8 Å². The summed E-state index contributed by atoms with van der Waals surface area (Å²) in [5.41, 5.74) is 0. The Balaban J connectivity index is 0.00000261. The third-order valence-corrected chi connectivity index (χ3v) is 5.46. The van der Waals surface area contributed by atoms with Gasteiger partial charge < -0.3 is 20.1 Å². The van der Waals surface area contributed by atoms with Crippen LogP contribution in [-0.2, 0) is 11.3 Å². The monoisotopic (exact) mass is 488 g/mol. The lowest BCUT2D eigenvalue weighted by Crippen LogP contribution is -2.45. The van der Waals surface area contributed by atoms with Gasteiger partial charge in [-0.05, 0) is 25.7 Å². The molecule has 0 aromatic carbocycles. The van der Waals surface area contributed by atoms with E-state index in [0.29, 0.717) is 11.9 Å². The summed E-state index contributed by atoms with van der Waals surface area (Å²) in [4.78, 5) is 23.1. The van der Waals surface area contributed by atoms with Crippen LogP contribution < -0.4 is 10.6 Å².